The van der Waals surface area contributed by atoms with Crippen LogP contribution in [-0.2, 0) is 10.8 Å². The maximum absolute atomic E-state index is 11.3. The third kappa shape index (κ3) is 3.07. The number of aryl methyl sites for hydroxylation is 1. The molecule has 1 saturated heterocycles. The third-order valence-electron chi connectivity index (χ3n) is 3.17. The van der Waals surface area contributed by atoms with E-state index in [4.69, 9.17) is 0 Å². The van der Waals surface area contributed by atoms with Gasteiger partial charge in [0.25, 0.3) is 5.69 Å². The summed E-state index contributed by atoms with van der Waals surface area (Å²) < 4.78 is 11.3. The van der Waals surface area contributed by atoms with Gasteiger partial charge in [0.15, 0.2) is 0 Å². The van der Waals surface area contributed by atoms with E-state index in [0.29, 0.717) is 6.04 Å². The number of non-ortho nitro benzene ring substituents is 1. The molecule has 1 heterocycles. The van der Waals surface area contributed by atoms with Crippen molar-refractivity contribution in [2.24, 2.45) is 0 Å². The van der Waals surface area contributed by atoms with Crippen LogP contribution in [0.4, 0.5) is 11.4 Å². The maximum Gasteiger partial charge on any atom is 0.269 e. The quantitative estimate of drug-likeness (QED) is 0.674. The number of rotatable bonds is 3. The molecule has 1 aromatic rings. The molecule has 5 nitrogen and oxygen atoms in total. The molecule has 1 aromatic carbocycles. The molecule has 0 aliphatic carbocycles. The molecule has 0 aromatic heterocycles. The van der Waals surface area contributed by atoms with Crippen molar-refractivity contribution in [3.8, 4) is 0 Å². The molecule has 1 fully saturated rings. The van der Waals surface area contributed by atoms with E-state index in [0.717, 1.165) is 35.6 Å². The Morgan fingerprint density at radius 3 is 2.61 bits per heavy atom. The normalized spacial score (nSPS) is 23.6. The molecule has 1 aliphatic rings. The van der Waals surface area contributed by atoms with Crippen LogP contribution in [0.3, 0.4) is 0 Å². The van der Waals surface area contributed by atoms with Gasteiger partial charge in [-0.05, 0) is 31.4 Å². The summed E-state index contributed by atoms with van der Waals surface area (Å²) in [6, 6.07) is 5.15. The van der Waals surface area contributed by atoms with Crippen LogP contribution in [0.1, 0.15) is 18.4 Å². The van der Waals surface area contributed by atoms with E-state index < -0.39 is 10.8 Å². The summed E-state index contributed by atoms with van der Waals surface area (Å²) in [5.74, 6) is 1.48. The first-order chi connectivity index (χ1) is 8.56. The lowest BCUT2D eigenvalue weighted by Crippen LogP contribution is -2.29. The first kappa shape index (κ1) is 13.0. The molecule has 0 amide bonds. The van der Waals surface area contributed by atoms with Gasteiger partial charge in [-0.15, -0.1) is 0 Å². The molecule has 18 heavy (non-hydrogen) atoms. The number of nitrogens with one attached hydrogen (secondary N) is 1. The van der Waals surface area contributed by atoms with E-state index in [2.05, 4.69) is 5.32 Å². The van der Waals surface area contributed by atoms with Crippen LogP contribution in [0.15, 0.2) is 18.2 Å². The van der Waals surface area contributed by atoms with Crippen LogP contribution in [0.5, 0.6) is 0 Å². The summed E-state index contributed by atoms with van der Waals surface area (Å²) in [6.07, 6.45) is 1.78. The van der Waals surface area contributed by atoms with E-state index in [1.807, 2.05) is 6.92 Å². The maximum atomic E-state index is 11.3. The SMILES string of the molecule is Cc1cc([N+](=O)[O-])ccc1NC1CCS(=O)CC1. The number of benzene rings is 1. The molecule has 2 rings (SSSR count). The molecule has 0 saturated carbocycles. The minimum Gasteiger partial charge on any atom is -0.382 e. The van der Waals surface area contributed by atoms with Gasteiger partial charge in [0.2, 0.25) is 0 Å². The van der Waals surface area contributed by atoms with Crippen molar-refractivity contribution in [2.75, 3.05) is 16.8 Å². The highest BCUT2D eigenvalue weighted by Gasteiger charge is 2.18. The highest BCUT2D eigenvalue weighted by atomic mass is 32.2. The Bertz CT molecular complexity index is 480. The Labute approximate surface area is 108 Å². The Morgan fingerprint density at radius 2 is 2.06 bits per heavy atom. The van der Waals surface area contributed by atoms with Gasteiger partial charge in [-0.25, -0.2) is 0 Å². The second kappa shape index (κ2) is 5.48. The Hall–Kier alpha value is -1.43. The molecule has 0 bridgehead atoms. The lowest BCUT2D eigenvalue weighted by molar-refractivity contribution is -0.384. The minimum atomic E-state index is -0.663. The molecular weight excluding hydrogens is 252 g/mol. The Morgan fingerprint density at radius 1 is 1.39 bits per heavy atom. The van der Waals surface area contributed by atoms with Gasteiger partial charge in [0.1, 0.15) is 0 Å². The molecule has 1 N–H and O–H groups in total. The van der Waals surface area contributed by atoms with Gasteiger partial charge in [0.05, 0.1) is 4.92 Å². The number of nitrogens with zero attached hydrogens (tertiary/aromatic N) is 1. The summed E-state index contributed by atoms with van der Waals surface area (Å²) in [5, 5.41) is 14.0. The van der Waals surface area contributed by atoms with Crippen molar-refractivity contribution < 1.29 is 9.13 Å². The third-order valence-corrected chi connectivity index (χ3v) is 4.55. The highest BCUT2D eigenvalue weighted by molar-refractivity contribution is 7.85. The Balaban J connectivity index is 2.05. The largest absolute Gasteiger partial charge is 0.382 e. The number of nitro groups is 1. The Kier molecular flexibility index (Phi) is 3.96. The fourth-order valence-electron chi connectivity index (χ4n) is 2.08. The van der Waals surface area contributed by atoms with Crippen LogP contribution in [0.2, 0.25) is 0 Å². The molecule has 98 valence electrons. The molecular formula is C12H16N2O3S. The zero-order valence-electron chi connectivity index (χ0n) is 10.2. The van der Waals surface area contributed by atoms with Gasteiger partial charge in [0, 0.05) is 46.2 Å². The number of hydrogen-bond acceptors (Lipinski definition) is 4. The molecule has 6 heteroatoms. The fourth-order valence-corrected chi connectivity index (χ4v) is 3.38. The summed E-state index contributed by atoms with van der Waals surface area (Å²) >= 11 is 0. The standard InChI is InChI=1S/C12H16N2O3S/c1-9-8-11(14(15)16)2-3-12(9)13-10-4-6-18(17)7-5-10/h2-3,8,10,13H,4-7H2,1H3. The van der Waals surface area contributed by atoms with Crippen LogP contribution in [-0.4, -0.2) is 26.7 Å². The first-order valence-corrected chi connectivity index (χ1v) is 7.41. The van der Waals surface area contributed by atoms with Gasteiger partial charge in [-0.3, -0.25) is 14.3 Å². The number of anilines is 1. The molecule has 0 unspecified atom stereocenters. The van der Waals surface area contributed by atoms with Gasteiger partial charge < -0.3 is 5.32 Å². The average molecular weight is 268 g/mol. The minimum absolute atomic E-state index is 0.114. The fraction of sp³-hybridized carbons (Fsp3) is 0.500. The van der Waals surface area contributed by atoms with E-state index >= 15 is 0 Å². The van der Waals surface area contributed by atoms with E-state index in [-0.39, 0.29) is 10.6 Å². The second-order valence-corrected chi connectivity index (χ2v) is 6.22. The lowest BCUT2D eigenvalue weighted by Gasteiger charge is -2.24. The van der Waals surface area contributed by atoms with Crippen LogP contribution in [0, 0.1) is 17.0 Å². The zero-order valence-corrected chi connectivity index (χ0v) is 11.0. The van der Waals surface area contributed by atoms with Crippen LogP contribution < -0.4 is 5.32 Å². The van der Waals surface area contributed by atoms with Crippen LogP contribution >= 0.6 is 0 Å². The smallest absolute Gasteiger partial charge is 0.269 e. The van der Waals surface area contributed by atoms with E-state index in [1.54, 1.807) is 12.1 Å². The zero-order chi connectivity index (χ0) is 13.1. The van der Waals surface area contributed by atoms with Crippen molar-refractivity contribution in [1.82, 2.24) is 0 Å². The van der Waals surface area contributed by atoms with Crippen molar-refractivity contribution in [2.45, 2.75) is 25.8 Å². The summed E-state index contributed by atoms with van der Waals surface area (Å²) in [5.41, 5.74) is 1.91. The molecule has 0 spiro atoms. The predicted molar refractivity (Wildman–Crippen MR) is 72.4 cm³/mol. The molecule has 0 atom stereocenters. The van der Waals surface area contributed by atoms with Crippen LogP contribution in [0.25, 0.3) is 0 Å². The topological polar surface area (TPSA) is 72.2 Å². The van der Waals surface area contributed by atoms with Crippen molar-refractivity contribution >= 4 is 22.2 Å². The summed E-state index contributed by atoms with van der Waals surface area (Å²) in [7, 11) is -0.663. The van der Waals surface area contributed by atoms with Gasteiger partial charge in [-0.2, -0.15) is 0 Å². The van der Waals surface area contributed by atoms with Gasteiger partial charge in [-0.1, -0.05) is 0 Å². The molecule has 1 aliphatic heterocycles. The van der Waals surface area contributed by atoms with Crippen molar-refractivity contribution in [3.05, 3.63) is 33.9 Å². The predicted octanol–water partition coefficient (Wildman–Crippen LogP) is 2.23. The number of hydrogen-bond donors (Lipinski definition) is 1. The monoisotopic (exact) mass is 268 g/mol. The average Bonchev–Trinajstić information content (AvgIpc) is 2.34. The number of nitro benzene ring substituents is 1. The summed E-state index contributed by atoms with van der Waals surface area (Å²) in [4.78, 5) is 10.3. The summed E-state index contributed by atoms with van der Waals surface area (Å²) in [6.45, 7) is 1.86. The van der Waals surface area contributed by atoms with Crippen molar-refractivity contribution in [3.63, 3.8) is 0 Å². The van der Waals surface area contributed by atoms with Crippen molar-refractivity contribution in [1.29, 1.82) is 0 Å². The highest BCUT2D eigenvalue weighted by Crippen LogP contribution is 2.23. The van der Waals surface area contributed by atoms with E-state index in [9.17, 15) is 14.3 Å². The molecule has 0 radical (unpaired) electrons. The van der Waals surface area contributed by atoms with E-state index in [1.165, 1.54) is 6.07 Å². The van der Waals surface area contributed by atoms with Gasteiger partial charge >= 0.3 is 0 Å². The lowest BCUT2D eigenvalue weighted by atomic mass is 10.1. The first-order valence-electron chi connectivity index (χ1n) is 5.93. The second-order valence-electron chi connectivity index (χ2n) is 4.52.